The molecule has 2 atom stereocenters. The normalized spacial score (nSPS) is 14.4. The third-order valence-electron chi connectivity index (χ3n) is 8.39. The van der Waals surface area contributed by atoms with Crippen LogP contribution in [-0.2, 0) is 37.5 Å². The van der Waals surface area contributed by atoms with E-state index in [9.17, 15) is 23.8 Å². The first-order chi connectivity index (χ1) is 27.4. The van der Waals surface area contributed by atoms with Gasteiger partial charge in [-0.25, -0.2) is 4.57 Å². The molecule has 0 spiro atoms. The zero-order chi connectivity index (χ0) is 42.3. The van der Waals surface area contributed by atoms with Crippen molar-refractivity contribution in [1.82, 2.24) is 0 Å². The molecule has 1 unspecified atom stereocenters. The van der Waals surface area contributed by atoms with E-state index >= 15 is 0 Å². The minimum absolute atomic E-state index is 0.00197. The molecule has 10 nitrogen and oxygen atoms in total. The summed E-state index contributed by atoms with van der Waals surface area (Å²) < 4.78 is 34.1. The zero-order valence-corrected chi connectivity index (χ0v) is 36.9. The Hall–Kier alpha value is -3.14. The predicted octanol–water partition coefficient (Wildman–Crippen LogP) is 11.2. The van der Waals surface area contributed by atoms with Gasteiger partial charge in [0, 0.05) is 19.3 Å². The summed E-state index contributed by atoms with van der Waals surface area (Å²) in [5.74, 6) is -0.764. The number of carbonyl (C=O) groups is 3. The Morgan fingerprint density at radius 2 is 1.18 bits per heavy atom. The van der Waals surface area contributed by atoms with E-state index in [1.165, 1.54) is 0 Å². The maximum atomic E-state index is 12.7. The molecular formula is C46H77NO9P+. The summed E-state index contributed by atoms with van der Waals surface area (Å²) >= 11 is 0. The number of rotatable bonds is 37. The van der Waals surface area contributed by atoms with Crippen LogP contribution in [0.3, 0.4) is 0 Å². The highest BCUT2D eigenvalue weighted by molar-refractivity contribution is 7.47. The minimum Gasteiger partial charge on any atom is -0.462 e. The molecule has 0 amide bonds. The van der Waals surface area contributed by atoms with Crippen LogP contribution in [0.25, 0.3) is 0 Å². The van der Waals surface area contributed by atoms with Gasteiger partial charge in [-0.15, -0.1) is 0 Å². The van der Waals surface area contributed by atoms with Gasteiger partial charge < -0.3 is 18.9 Å². The van der Waals surface area contributed by atoms with Crippen molar-refractivity contribution in [3.05, 3.63) is 85.1 Å². The van der Waals surface area contributed by atoms with Gasteiger partial charge in [0.05, 0.1) is 27.7 Å². The fourth-order valence-electron chi connectivity index (χ4n) is 5.03. The molecule has 11 heteroatoms. The molecule has 0 saturated heterocycles. The average Bonchev–Trinajstić information content (AvgIpc) is 3.15. The number of esters is 2. The number of phosphoric ester groups is 1. The SMILES string of the molecule is CC/C=C\C/C=C\C/C=C\C/C=C\C/C=C\CCCC(=O)O[C@H](COC(=O)CCCCCCC/C=C\C=C\C(=O)CCCCC)COP(=O)(O)OCC[N+](C)(C)C. The quantitative estimate of drug-likeness (QED) is 0.0124. The third-order valence-corrected chi connectivity index (χ3v) is 9.37. The number of allylic oxidation sites excluding steroid dienone is 14. The van der Waals surface area contributed by atoms with E-state index in [0.717, 1.165) is 83.5 Å². The fourth-order valence-corrected chi connectivity index (χ4v) is 5.77. The molecule has 1 N–H and O–H groups in total. The minimum atomic E-state index is -4.41. The Labute approximate surface area is 346 Å². The van der Waals surface area contributed by atoms with E-state index in [-0.39, 0.29) is 31.8 Å². The number of hydrogen-bond acceptors (Lipinski definition) is 8. The van der Waals surface area contributed by atoms with Crippen LogP contribution >= 0.6 is 7.82 Å². The largest absolute Gasteiger partial charge is 0.472 e. The van der Waals surface area contributed by atoms with Gasteiger partial charge in [0.15, 0.2) is 11.9 Å². The highest BCUT2D eigenvalue weighted by Crippen LogP contribution is 2.43. The van der Waals surface area contributed by atoms with Gasteiger partial charge in [-0.2, -0.15) is 0 Å². The van der Waals surface area contributed by atoms with Crippen molar-refractivity contribution in [2.45, 2.75) is 142 Å². The fraction of sp³-hybridized carbons (Fsp3) is 0.630. The molecule has 0 fully saturated rings. The molecule has 0 aliphatic carbocycles. The maximum absolute atomic E-state index is 12.7. The number of ketones is 1. The average molecular weight is 819 g/mol. The van der Waals surface area contributed by atoms with Gasteiger partial charge in [0.2, 0.25) is 0 Å². The Balaban J connectivity index is 4.57. The zero-order valence-electron chi connectivity index (χ0n) is 36.0. The van der Waals surface area contributed by atoms with Crippen LogP contribution in [-0.4, -0.2) is 80.7 Å². The molecule has 0 saturated carbocycles. The summed E-state index contributed by atoms with van der Waals surface area (Å²) in [6, 6.07) is 0. The molecule has 0 aromatic carbocycles. The summed E-state index contributed by atoms with van der Waals surface area (Å²) in [5, 5.41) is 0. The molecule has 0 bridgehead atoms. The molecule has 0 aliphatic rings. The Bertz CT molecular complexity index is 1310. The van der Waals surface area contributed by atoms with Gasteiger partial charge in [-0.05, 0) is 76.7 Å². The first-order valence-electron chi connectivity index (χ1n) is 21.3. The molecule has 0 rings (SSSR count). The summed E-state index contributed by atoms with van der Waals surface area (Å²) in [7, 11) is 1.37. The van der Waals surface area contributed by atoms with Crippen LogP contribution in [0.4, 0.5) is 0 Å². The lowest BCUT2D eigenvalue weighted by Crippen LogP contribution is -2.37. The lowest BCUT2D eigenvalue weighted by molar-refractivity contribution is -0.870. The Morgan fingerprint density at radius 3 is 1.81 bits per heavy atom. The summed E-state index contributed by atoms with van der Waals surface area (Å²) in [6.45, 7) is 4.00. The Morgan fingerprint density at radius 1 is 0.614 bits per heavy atom. The maximum Gasteiger partial charge on any atom is 0.472 e. The first kappa shape index (κ1) is 53.9. The molecular weight excluding hydrogens is 741 g/mol. The summed E-state index contributed by atoms with van der Waals surface area (Å²) in [5.41, 5.74) is 0. The van der Waals surface area contributed by atoms with Gasteiger partial charge in [0.25, 0.3) is 0 Å². The highest BCUT2D eigenvalue weighted by atomic mass is 31.2. The number of quaternary nitrogens is 1. The van der Waals surface area contributed by atoms with Crippen molar-refractivity contribution >= 4 is 25.5 Å². The number of carbonyl (C=O) groups excluding carboxylic acids is 3. The van der Waals surface area contributed by atoms with Gasteiger partial charge in [-0.1, -0.05) is 125 Å². The number of unbranched alkanes of at least 4 members (excludes halogenated alkanes) is 8. The van der Waals surface area contributed by atoms with Crippen molar-refractivity contribution < 1.29 is 46.8 Å². The molecule has 0 aromatic heterocycles. The monoisotopic (exact) mass is 819 g/mol. The van der Waals surface area contributed by atoms with Crippen LogP contribution in [0.15, 0.2) is 85.1 Å². The number of hydrogen-bond donors (Lipinski definition) is 1. The second kappa shape index (κ2) is 37.2. The smallest absolute Gasteiger partial charge is 0.462 e. The van der Waals surface area contributed by atoms with Crippen molar-refractivity contribution in [2.24, 2.45) is 0 Å². The van der Waals surface area contributed by atoms with Crippen molar-refractivity contribution in [3.63, 3.8) is 0 Å². The number of likely N-dealkylation sites (N-methyl/N-ethyl adjacent to an activating group) is 1. The molecule has 57 heavy (non-hydrogen) atoms. The van der Waals surface area contributed by atoms with Gasteiger partial charge in [0.1, 0.15) is 19.8 Å². The van der Waals surface area contributed by atoms with Gasteiger partial charge >= 0.3 is 19.8 Å². The van der Waals surface area contributed by atoms with E-state index in [2.05, 4.69) is 74.6 Å². The van der Waals surface area contributed by atoms with Crippen LogP contribution < -0.4 is 0 Å². The van der Waals surface area contributed by atoms with E-state index in [4.69, 9.17) is 18.5 Å². The molecule has 0 radical (unpaired) electrons. The third kappa shape index (κ3) is 40.8. The second-order valence-electron chi connectivity index (χ2n) is 15.0. The second-order valence-corrected chi connectivity index (χ2v) is 16.5. The topological polar surface area (TPSA) is 125 Å². The molecule has 0 heterocycles. The van der Waals surface area contributed by atoms with Crippen molar-refractivity contribution in [2.75, 3.05) is 47.5 Å². The van der Waals surface area contributed by atoms with E-state index in [0.29, 0.717) is 36.7 Å². The van der Waals surface area contributed by atoms with Crippen molar-refractivity contribution in [1.29, 1.82) is 0 Å². The van der Waals surface area contributed by atoms with E-state index in [1.54, 1.807) is 6.08 Å². The van der Waals surface area contributed by atoms with Crippen LogP contribution in [0.1, 0.15) is 136 Å². The Kier molecular flexibility index (Phi) is 35.1. The van der Waals surface area contributed by atoms with Crippen LogP contribution in [0, 0.1) is 0 Å². The van der Waals surface area contributed by atoms with Crippen LogP contribution in [0.5, 0.6) is 0 Å². The lowest BCUT2D eigenvalue weighted by atomic mass is 10.1. The van der Waals surface area contributed by atoms with Gasteiger partial charge in [-0.3, -0.25) is 23.4 Å². The van der Waals surface area contributed by atoms with Crippen LogP contribution in [0.2, 0.25) is 0 Å². The number of phosphoric acid groups is 1. The van der Waals surface area contributed by atoms with E-state index in [1.807, 2.05) is 39.4 Å². The number of nitrogens with zero attached hydrogens (tertiary/aromatic N) is 1. The van der Waals surface area contributed by atoms with Crippen molar-refractivity contribution in [3.8, 4) is 0 Å². The molecule has 0 aliphatic heterocycles. The summed E-state index contributed by atoms with van der Waals surface area (Å²) in [4.78, 5) is 47.1. The summed E-state index contributed by atoms with van der Waals surface area (Å²) in [6.07, 6.45) is 43.3. The lowest BCUT2D eigenvalue weighted by Gasteiger charge is -2.24. The standard InChI is InChI=1S/C46H76NO9P/c1-6-8-10-11-12-13-14-15-16-17-18-19-20-23-27-30-34-38-46(50)56-44(42-55-57(51,52)54-40-39-47(3,4)5)41-53-45(49)37-33-29-26-24-21-22-25-28-32-36-43(48)35-31-9-7-2/h8,10,12-13,15-16,18-19,23,25,27-28,32,36,44H,6-7,9,11,14,17,20-22,24,26,29-31,33-35,37-42H2,1-5H3/p+1/b10-8-,13-12-,16-15-,19-18-,27-23-,28-25-,36-32+/t44-/m1/s1. The first-order valence-corrected chi connectivity index (χ1v) is 22.8. The highest BCUT2D eigenvalue weighted by Gasteiger charge is 2.27. The molecule has 0 aromatic rings. The molecule has 324 valence electrons. The van der Waals surface area contributed by atoms with E-state index < -0.39 is 32.5 Å². The predicted molar refractivity (Wildman–Crippen MR) is 234 cm³/mol. The number of ether oxygens (including phenoxy) is 2.